The monoisotopic (exact) mass is 375 g/mol. The summed E-state index contributed by atoms with van der Waals surface area (Å²) in [6.45, 7) is 2.03. The number of amides is 1. The average molecular weight is 375 g/mol. The molecule has 4 rings (SSSR count). The number of carbonyl (C=O) groups is 1. The zero-order chi connectivity index (χ0) is 18.6. The predicted molar refractivity (Wildman–Crippen MR) is 109 cm³/mol. The molecule has 5 heteroatoms. The maximum Gasteiger partial charge on any atom is 0.226 e. The van der Waals surface area contributed by atoms with Crippen molar-refractivity contribution in [1.29, 1.82) is 0 Å². The summed E-state index contributed by atoms with van der Waals surface area (Å²) in [5, 5.41) is 5.24. The van der Waals surface area contributed by atoms with Crippen molar-refractivity contribution in [3.63, 3.8) is 0 Å². The van der Waals surface area contributed by atoms with Gasteiger partial charge in [0.1, 0.15) is 5.65 Å². The Morgan fingerprint density at radius 3 is 2.74 bits per heavy atom. The quantitative estimate of drug-likeness (QED) is 0.545. The van der Waals surface area contributed by atoms with Crippen molar-refractivity contribution < 1.29 is 4.79 Å². The third-order valence-electron chi connectivity index (χ3n) is 4.57. The highest BCUT2D eigenvalue weighted by molar-refractivity contribution is 7.10. The topological polar surface area (TPSA) is 46.4 Å². The maximum atomic E-state index is 12.7. The van der Waals surface area contributed by atoms with Gasteiger partial charge in [-0.1, -0.05) is 42.5 Å². The molecule has 0 aliphatic heterocycles. The molecule has 0 saturated heterocycles. The van der Waals surface area contributed by atoms with E-state index in [0.29, 0.717) is 0 Å². The Morgan fingerprint density at radius 1 is 1.15 bits per heavy atom. The van der Waals surface area contributed by atoms with Crippen LogP contribution in [0.2, 0.25) is 0 Å². The minimum Gasteiger partial charge on any atom is -0.348 e. The smallest absolute Gasteiger partial charge is 0.226 e. The lowest BCUT2D eigenvalue weighted by molar-refractivity contribution is -0.121. The van der Waals surface area contributed by atoms with E-state index in [9.17, 15) is 4.79 Å². The molecule has 0 spiro atoms. The molecule has 0 bridgehead atoms. The van der Waals surface area contributed by atoms with E-state index in [0.717, 1.165) is 28.2 Å². The Bertz CT molecular complexity index is 1040. The molecule has 1 aromatic carbocycles. The highest BCUT2D eigenvalue weighted by atomic mass is 32.1. The van der Waals surface area contributed by atoms with Gasteiger partial charge in [0.05, 0.1) is 18.2 Å². The molecule has 0 aliphatic rings. The van der Waals surface area contributed by atoms with Gasteiger partial charge in [0.15, 0.2) is 0 Å². The van der Waals surface area contributed by atoms with Crippen LogP contribution >= 0.6 is 11.3 Å². The number of nitrogens with zero attached hydrogens (tertiary/aromatic N) is 2. The Morgan fingerprint density at radius 2 is 2.00 bits per heavy atom. The van der Waals surface area contributed by atoms with Gasteiger partial charge in [-0.2, -0.15) is 0 Å². The van der Waals surface area contributed by atoms with Crippen LogP contribution in [0.1, 0.15) is 27.7 Å². The van der Waals surface area contributed by atoms with E-state index in [2.05, 4.69) is 28.5 Å². The van der Waals surface area contributed by atoms with E-state index in [-0.39, 0.29) is 18.4 Å². The number of hydrogen-bond donors (Lipinski definition) is 1. The Balaban J connectivity index is 1.50. The molecule has 27 heavy (non-hydrogen) atoms. The van der Waals surface area contributed by atoms with Crippen LogP contribution in [0.5, 0.6) is 0 Å². The summed E-state index contributed by atoms with van der Waals surface area (Å²) in [6.07, 6.45) is 4.94. The molecule has 1 unspecified atom stereocenters. The van der Waals surface area contributed by atoms with Crippen LogP contribution in [0, 0.1) is 6.92 Å². The number of hydrogen-bond acceptors (Lipinski definition) is 3. The van der Waals surface area contributed by atoms with Crippen LogP contribution in [-0.2, 0) is 17.6 Å². The number of aryl methyl sites for hydroxylation is 1. The van der Waals surface area contributed by atoms with E-state index in [1.165, 1.54) is 5.56 Å². The Labute approximate surface area is 162 Å². The van der Waals surface area contributed by atoms with Crippen LogP contribution in [0.3, 0.4) is 0 Å². The second-order valence-electron chi connectivity index (χ2n) is 6.66. The third kappa shape index (κ3) is 4.09. The number of fused-ring (bicyclic) bond motifs is 1. The largest absolute Gasteiger partial charge is 0.348 e. The summed E-state index contributed by atoms with van der Waals surface area (Å²) in [6, 6.07) is 18.3. The van der Waals surface area contributed by atoms with Gasteiger partial charge >= 0.3 is 0 Å². The van der Waals surface area contributed by atoms with E-state index in [4.69, 9.17) is 0 Å². The summed E-state index contributed by atoms with van der Waals surface area (Å²) < 4.78 is 1.97. The molecule has 0 fully saturated rings. The van der Waals surface area contributed by atoms with Gasteiger partial charge in [0.2, 0.25) is 5.91 Å². The van der Waals surface area contributed by atoms with Crippen LogP contribution in [0.4, 0.5) is 0 Å². The van der Waals surface area contributed by atoms with Crippen molar-refractivity contribution in [2.24, 2.45) is 0 Å². The number of pyridine rings is 1. The number of benzene rings is 1. The highest BCUT2D eigenvalue weighted by Crippen LogP contribution is 2.23. The number of aromatic nitrogens is 2. The summed E-state index contributed by atoms with van der Waals surface area (Å²) in [4.78, 5) is 18.5. The molecule has 0 saturated carbocycles. The van der Waals surface area contributed by atoms with Crippen LogP contribution in [-0.4, -0.2) is 15.3 Å². The molecule has 0 aliphatic carbocycles. The van der Waals surface area contributed by atoms with Crippen molar-refractivity contribution in [2.45, 2.75) is 25.8 Å². The Hall–Kier alpha value is -2.92. The summed E-state index contributed by atoms with van der Waals surface area (Å²) in [5.74, 6) is -0.00890. The Kier molecular flexibility index (Phi) is 5.03. The maximum absolute atomic E-state index is 12.7. The fraction of sp³-hybridized carbons (Fsp3) is 0.182. The molecule has 1 atom stereocenters. The van der Waals surface area contributed by atoms with Crippen molar-refractivity contribution in [3.05, 3.63) is 94.1 Å². The van der Waals surface area contributed by atoms with Crippen molar-refractivity contribution in [3.8, 4) is 0 Å². The fourth-order valence-corrected chi connectivity index (χ4v) is 4.04. The zero-order valence-corrected chi connectivity index (χ0v) is 15.9. The van der Waals surface area contributed by atoms with Crippen LogP contribution in [0.25, 0.3) is 5.65 Å². The lowest BCUT2D eigenvalue weighted by atomic mass is 10.0. The standard InChI is InChI=1S/C22H21N3OS/c1-16-7-5-11-25-15-18(23-22(16)25)14-21(26)24-19(20-10-6-12-27-20)13-17-8-3-2-4-9-17/h2-12,15,19H,13-14H2,1H3,(H,24,26). The zero-order valence-electron chi connectivity index (χ0n) is 15.1. The molecule has 3 heterocycles. The first-order valence-electron chi connectivity index (χ1n) is 8.99. The van der Waals surface area contributed by atoms with Gasteiger partial charge in [-0.3, -0.25) is 4.79 Å². The number of thiophene rings is 1. The minimum atomic E-state index is -0.0290. The highest BCUT2D eigenvalue weighted by Gasteiger charge is 2.17. The summed E-state index contributed by atoms with van der Waals surface area (Å²) >= 11 is 1.67. The molecule has 4 nitrogen and oxygen atoms in total. The molecule has 1 amide bonds. The number of rotatable bonds is 6. The first-order valence-corrected chi connectivity index (χ1v) is 9.87. The van der Waals surface area contributed by atoms with Gasteiger partial charge in [0.25, 0.3) is 0 Å². The normalized spacial score (nSPS) is 12.2. The van der Waals surface area contributed by atoms with Gasteiger partial charge in [-0.05, 0) is 42.0 Å². The first kappa shape index (κ1) is 17.5. The van der Waals surface area contributed by atoms with E-state index in [1.54, 1.807) is 11.3 Å². The number of carbonyl (C=O) groups excluding carboxylic acids is 1. The number of imidazole rings is 1. The third-order valence-corrected chi connectivity index (χ3v) is 5.56. The van der Waals surface area contributed by atoms with Crippen LogP contribution < -0.4 is 5.32 Å². The van der Waals surface area contributed by atoms with Crippen molar-refractivity contribution >= 4 is 22.9 Å². The molecule has 1 N–H and O–H groups in total. The lowest BCUT2D eigenvalue weighted by Gasteiger charge is -2.17. The second-order valence-corrected chi connectivity index (χ2v) is 7.64. The van der Waals surface area contributed by atoms with Gasteiger partial charge in [0, 0.05) is 17.3 Å². The molecule has 4 aromatic rings. The second kappa shape index (κ2) is 7.76. The SMILES string of the molecule is Cc1cccn2cc(CC(=O)NC(Cc3ccccc3)c3cccs3)nc12. The lowest BCUT2D eigenvalue weighted by Crippen LogP contribution is -2.30. The molecule has 3 aromatic heterocycles. The fourth-order valence-electron chi connectivity index (χ4n) is 3.26. The van der Waals surface area contributed by atoms with Crippen molar-refractivity contribution in [2.75, 3.05) is 0 Å². The molecule has 0 radical (unpaired) electrons. The minimum absolute atomic E-state index is 0.00890. The van der Waals surface area contributed by atoms with Gasteiger partial charge in [-0.15, -0.1) is 11.3 Å². The van der Waals surface area contributed by atoms with E-state index >= 15 is 0 Å². The van der Waals surface area contributed by atoms with E-state index in [1.807, 2.05) is 65.5 Å². The van der Waals surface area contributed by atoms with Crippen molar-refractivity contribution in [1.82, 2.24) is 14.7 Å². The van der Waals surface area contributed by atoms with Crippen LogP contribution in [0.15, 0.2) is 72.4 Å². The molecular weight excluding hydrogens is 354 g/mol. The average Bonchev–Trinajstić information content (AvgIpc) is 3.32. The molecule has 136 valence electrons. The van der Waals surface area contributed by atoms with Gasteiger partial charge < -0.3 is 9.72 Å². The first-order chi connectivity index (χ1) is 13.2. The predicted octanol–water partition coefficient (Wildman–Crippen LogP) is 4.35. The number of nitrogens with one attached hydrogen (secondary N) is 1. The molecular formula is C22H21N3OS. The summed E-state index contributed by atoms with van der Waals surface area (Å²) in [5.41, 5.74) is 4.00. The van der Waals surface area contributed by atoms with E-state index < -0.39 is 0 Å². The van der Waals surface area contributed by atoms with Gasteiger partial charge in [-0.25, -0.2) is 4.98 Å². The summed E-state index contributed by atoms with van der Waals surface area (Å²) in [7, 11) is 0.